The smallest absolute Gasteiger partial charge is 0.459 e. The van der Waals surface area contributed by atoms with Gasteiger partial charge in [0.05, 0.1) is 23.6 Å². The zero-order valence-corrected chi connectivity index (χ0v) is 13.2. The average Bonchev–Trinajstić information content (AvgIpc) is 2.66. The maximum Gasteiger partial charge on any atom is 0.459 e. The molecule has 1 saturated carbocycles. The van der Waals surface area contributed by atoms with E-state index in [4.69, 9.17) is 6.48 Å². The predicted molar refractivity (Wildman–Crippen MR) is 65.6 cm³/mol. The van der Waals surface area contributed by atoms with Crippen LogP contribution in [0.3, 0.4) is 0 Å². The van der Waals surface area contributed by atoms with Gasteiger partial charge in [0.25, 0.3) is 0 Å². The van der Waals surface area contributed by atoms with Gasteiger partial charge in [-0.1, -0.05) is 13.8 Å². The zero-order chi connectivity index (χ0) is 21.9. The Bertz CT molecular complexity index is 684. The fraction of sp³-hybridized carbons (Fsp3) is 0.714. The fourth-order valence-electron chi connectivity index (χ4n) is 3.65. The quantitative estimate of drug-likeness (QED) is 0.557. The van der Waals surface area contributed by atoms with Gasteiger partial charge >= 0.3 is 18.0 Å². The predicted octanol–water partition coefficient (Wildman–Crippen LogP) is 1.18. The summed E-state index contributed by atoms with van der Waals surface area (Å²) < 4.78 is 101. The van der Waals surface area contributed by atoms with Crippen molar-refractivity contribution in [3.05, 3.63) is 12.3 Å². The van der Waals surface area contributed by atoms with Crippen LogP contribution in [0.1, 0.15) is 28.1 Å². The molecule has 2 atom stereocenters. The number of carbonyl (C=O) groups is 2. The van der Waals surface area contributed by atoms with E-state index >= 15 is 0 Å². The Morgan fingerprint density at radius 3 is 1.81 bits per heavy atom. The van der Waals surface area contributed by atoms with E-state index in [1.165, 1.54) is 0 Å². The first kappa shape index (κ1) is 20.3. The van der Waals surface area contributed by atoms with Crippen LogP contribution in [0, 0.1) is 16.2 Å². The zero-order valence-electron chi connectivity index (χ0n) is 14.2. The summed E-state index contributed by atoms with van der Waals surface area (Å²) >= 11 is 0. The molecule has 0 aliphatic heterocycles. The Hall–Kier alpha value is -2.01. The van der Waals surface area contributed by atoms with E-state index in [-0.39, 0.29) is 6.08 Å². The highest BCUT2D eigenvalue weighted by Gasteiger charge is 2.85. The van der Waals surface area contributed by atoms with Crippen LogP contribution in [-0.4, -0.2) is 35.1 Å². The van der Waals surface area contributed by atoms with E-state index in [0.29, 0.717) is 13.8 Å². The fourth-order valence-corrected chi connectivity index (χ4v) is 3.65. The maximum absolute atomic E-state index is 14.5. The van der Waals surface area contributed by atoms with E-state index in [1.807, 2.05) is 0 Å². The van der Waals surface area contributed by atoms with Gasteiger partial charge in [0, 0.05) is 5.41 Å². The summed E-state index contributed by atoms with van der Waals surface area (Å²) in [6.45, 7) is 0.789. The van der Waals surface area contributed by atoms with E-state index in [0.717, 1.165) is 0 Å². The number of hydrogen-bond acceptors (Lipinski definition) is 5. The van der Waals surface area contributed by atoms with E-state index in [9.17, 15) is 50.5 Å². The van der Waals surface area contributed by atoms with Crippen LogP contribution in [0.4, 0.5) is 30.7 Å². The third kappa shape index (κ3) is 2.22. The lowest BCUT2D eigenvalue weighted by Gasteiger charge is -2.54. The average molecular weight is 395 g/mol. The van der Waals surface area contributed by atoms with E-state index in [1.54, 1.807) is 0 Å². The number of carboxylic acid groups (broad SMARTS) is 2. The van der Waals surface area contributed by atoms with Crippen LogP contribution in [0.25, 0.3) is 0 Å². The first-order valence-corrected chi connectivity index (χ1v) is 6.90. The second kappa shape index (κ2) is 5.74. The molecule has 1 aliphatic rings. The topological polar surface area (TPSA) is 100 Å². The van der Waals surface area contributed by atoms with E-state index < -0.39 is 65.3 Å². The summed E-state index contributed by atoms with van der Waals surface area (Å²) in [5, 5.41) is 32.1. The van der Waals surface area contributed by atoms with Crippen molar-refractivity contribution in [1.29, 1.82) is 0 Å². The second-order valence-corrected chi connectivity index (χ2v) is 6.50. The van der Waals surface area contributed by atoms with Crippen LogP contribution in [0.5, 0.6) is 0 Å². The maximum atomic E-state index is 14.5. The molecule has 0 spiro atoms. The number of carboxylic acids is 2. The Labute approximate surface area is 143 Å². The lowest BCUT2D eigenvalue weighted by molar-refractivity contribution is -0.404. The second-order valence-electron chi connectivity index (χ2n) is 6.50. The number of alkyl halides is 7. The summed E-state index contributed by atoms with van der Waals surface area (Å²) in [6.07, 6.45) is -11.3. The normalized spacial score (nSPS) is 30.8. The van der Waals surface area contributed by atoms with Gasteiger partial charge < -0.3 is 24.9 Å². The highest BCUT2D eigenvalue weighted by molar-refractivity contribution is 5.83. The molecule has 0 radical (unpaired) electrons. The molecule has 12 heteroatoms. The molecule has 26 heavy (non-hydrogen) atoms. The number of hydrogen-bond donors (Lipinski definition) is 1. The summed E-state index contributed by atoms with van der Waals surface area (Å²) in [5.41, 5.74) is -10.4. The number of halogens is 7. The van der Waals surface area contributed by atoms with Crippen molar-refractivity contribution in [1.82, 2.24) is 0 Å². The van der Waals surface area contributed by atoms with Crippen molar-refractivity contribution in [3.63, 3.8) is 0 Å². The van der Waals surface area contributed by atoms with Crippen molar-refractivity contribution >= 4 is 11.9 Å². The minimum absolute atomic E-state index is 0.0643. The SMILES string of the molecule is [2H]C(O)=CC1(C(=O)[O-])CCC(C(=O)[O-])(C(F)(F)C(F)(F)C(F)(F)F)C1(C)C. The standard InChI is InChI=1S/C14H15F7O5/c1-9(2)10(5-6-22,7(23)24)3-4-11(9,8(25)26)12(15,16)13(17,18)14(19,20)21/h5-6,22H,3-4H2,1-2H3,(H,23,24)(H,25,26)/p-2/i6D. The summed E-state index contributed by atoms with van der Waals surface area (Å²) in [7, 11) is 0. The molecule has 0 amide bonds. The molecule has 1 aliphatic carbocycles. The Morgan fingerprint density at radius 2 is 1.50 bits per heavy atom. The van der Waals surface area contributed by atoms with Gasteiger partial charge in [0.1, 0.15) is 1.37 Å². The van der Waals surface area contributed by atoms with E-state index in [2.05, 4.69) is 0 Å². The molecule has 5 nitrogen and oxygen atoms in total. The Balaban J connectivity index is 3.94. The lowest BCUT2D eigenvalue weighted by Crippen LogP contribution is -2.70. The number of carbonyl (C=O) groups excluding carboxylic acids is 2. The largest absolute Gasteiger partial charge is 0.549 e. The van der Waals surface area contributed by atoms with Crippen LogP contribution in [0.15, 0.2) is 12.3 Å². The molecule has 0 aromatic rings. The van der Waals surface area contributed by atoms with Crippen molar-refractivity contribution in [2.45, 2.75) is 44.7 Å². The summed E-state index contributed by atoms with van der Waals surface area (Å²) in [4.78, 5) is 23.1. The molecule has 0 bridgehead atoms. The molecule has 2 unspecified atom stereocenters. The van der Waals surface area contributed by atoms with Crippen LogP contribution in [-0.2, 0) is 9.59 Å². The Kier molecular flexibility index (Phi) is 4.49. The first-order valence-electron chi connectivity index (χ1n) is 7.40. The molecular formula is C14H13F7O5-2. The highest BCUT2D eigenvalue weighted by Crippen LogP contribution is 2.71. The molecule has 0 saturated heterocycles. The number of rotatable bonds is 5. The number of aliphatic hydroxyl groups is 1. The molecule has 150 valence electrons. The molecular weight excluding hydrogens is 381 g/mol. The minimum atomic E-state index is -6.87. The van der Waals surface area contributed by atoms with Crippen LogP contribution < -0.4 is 10.2 Å². The lowest BCUT2D eigenvalue weighted by atomic mass is 9.55. The molecule has 1 N–H and O–H groups in total. The summed E-state index contributed by atoms with van der Waals surface area (Å²) in [5.74, 6) is -18.6. The van der Waals surface area contributed by atoms with Gasteiger partial charge in [-0.2, -0.15) is 30.7 Å². The van der Waals surface area contributed by atoms with Gasteiger partial charge in [-0.25, -0.2) is 0 Å². The van der Waals surface area contributed by atoms with Crippen molar-refractivity contribution in [2.24, 2.45) is 16.2 Å². The van der Waals surface area contributed by atoms with Crippen molar-refractivity contribution < 1.29 is 57.0 Å². The van der Waals surface area contributed by atoms with Crippen molar-refractivity contribution in [3.8, 4) is 0 Å². The first-order chi connectivity index (χ1) is 11.8. The molecule has 0 aromatic heterocycles. The highest BCUT2D eigenvalue weighted by atomic mass is 19.4. The third-order valence-electron chi connectivity index (χ3n) is 5.39. The van der Waals surface area contributed by atoms with Gasteiger partial charge in [0.15, 0.2) is 0 Å². The number of aliphatic hydroxyl groups excluding tert-OH is 1. The van der Waals surface area contributed by atoms with Gasteiger partial charge in [-0.15, -0.1) is 0 Å². The molecule has 0 heterocycles. The summed E-state index contributed by atoms with van der Waals surface area (Å²) in [6, 6.07) is 0. The van der Waals surface area contributed by atoms with Crippen molar-refractivity contribution in [2.75, 3.05) is 0 Å². The molecule has 1 rings (SSSR count). The van der Waals surface area contributed by atoms with Gasteiger partial charge in [-0.05, 0) is 24.3 Å². The molecule has 0 aromatic carbocycles. The van der Waals surface area contributed by atoms with Gasteiger partial charge in [0.2, 0.25) is 0 Å². The Morgan fingerprint density at radius 1 is 1.04 bits per heavy atom. The van der Waals surface area contributed by atoms with Crippen LogP contribution >= 0.6 is 0 Å². The third-order valence-corrected chi connectivity index (χ3v) is 5.39. The minimum Gasteiger partial charge on any atom is -0.549 e. The molecule has 1 fully saturated rings. The monoisotopic (exact) mass is 395 g/mol. The number of aliphatic carboxylic acids is 2. The van der Waals surface area contributed by atoms with Crippen LogP contribution in [0.2, 0.25) is 0 Å². The van der Waals surface area contributed by atoms with Gasteiger partial charge in [-0.3, -0.25) is 0 Å².